The van der Waals surface area contributed by atoms with Crippen molar-refractivity contribution in [3.63, 3.8) is 0 Å². The summed E-state index contributed by atoms with van der Waals surface area (Å²) in [5, 5.41) is 0. The molecule has 2 N–H and O–H groups in total. The molecule has 0 fully saturated rings. The summed E-state index contributed by atoms with van der Waals surface area (Å²) in [6.07, 6.45) is -1.05. The van der Waals surface area contributed by atoms with Gasteiger partial charge in [0.15, 0.2) is 0 Å². The first-order valence-electron chi connectivity index (χ1n) is 6.38. The summed E-state index contributed by atoms with van der Waals surface area (Å²) in [5.41, 5.74) is 5.92. The molecular formula is C14H20F3NO. The van der Waals surface area contributed by atoms with Crippen molar-refractivity contribution in [3.05, 3.63) is 29.3 Å². The number of alkyl halides is 3. The second-order valence-electron chi connectivity index (χ2n) is 4.58. The Kier molecular flexibility index (Phi) is 5.66. The van der Waals surface area contributed by atoms with Crippen molar-refractivity contribution < 1.29 is 17.9 Å². The van der Waals surface area contributed by atoms with Gasteiger partial charge in [-0.3, -0.25) is 0 Å². The highest BCUT2D eigenvalue weighted by molar-refractivity contribution is 5.38. The molecule has 1 atom stereocenters. The molecule has 1 unspecified atom stereocenters. The van der Waals surface area contributed by atoms with Crippen LogP contribution in [0.1, 0.15) is 37.3 Å². The van der Waals surface area contributed by atoms with Gasteiger partial charge in [0.05, 0.1) is 12.7 Å². The molecule has 0 aliphatic heterocycles. The SMILES string of the molecule is CCC(N)CCCc1ccc(C(F)(F)F)cc1OC. The van der Waals surface area contributed by atoms with Crippen molar-refractivity contribution in [2.45, 2.75) is 44.8 Å². The third-order valence-electron chi connectivity index (χ3n) is 3.16. The van der Waals surface area contributed by atoms with Gasteiger partial charge in [0, 0.05) is 6.04 Å². The highest BCUT2D eigenvalue weighted by Gasteiger charge is 2.31. The van der Waals surface area contributed by atoms with E-state index in [0.717, 1.165) is 37.0 Å². The third-order valence-corrected chi connectivity index (χ3v) is 3.16. The molecule has 1 aromatic carbocycles. The monoisotopic (exact) mass is 275 g/mol. The standard InChI is InChI=1S/C14H20F3NO/c1-3-12(18)6-4-5-10-7-8-11(14(15,16)17)9-13(10)19-2/h7-9,12H,3-6,18H2,1-2H3. The van der Waals surface area contributed by atoms with Gasteiger partial charge in [-0.05, 0) is 43.4 Å². The molecule has 0 spiro atoms. The number of nitrogens with two attached hydrogens (primary N) is 1. The molecule has 1 rings (SSSR count). The summed E-state index contributed by atoms with van der Waals surface area (Å²) in [6.45, 7) is 2.02. The van der Waals surface area contributed by atoms with Crippen molar-refractivity contribution in [2.75, 3.05) is 7.11 Å². The summed E-state index contributed by atoms with van der Waals surface area (Å²) in [4.78, 5) is 0. The van der Waals surface area contributed by atoms with Crippen LogP contribution in [0.3, 0.4) is 0 Å². The molecule has 1 aromatic rings. The van der Waals surface area contributed by atoms with E-state index in [9.17, 15) is 13.2 Å². The van der Waals surface area contributed by atoms with Gasteiger partial charge in [0.2, 0.25) is 0 Å². The summed E-state index contributed by atoms with van der Waals surface area (Å²) in [6, 6.07) is 3.78. The van der Waals surface area contributed by atoms with Crippen molar-refractivity contribution in [1.29, 1.82) is 0 Å². The average Bonchev–Trinajstić information content (AvgIpc) is 2.37. The number of hydrogen-bond donors (Lipinski definition) is 1. The van der Waals surface area contributed by atoms with Crippen LogP contribution in [0.2, 0.25) is 0 Å². The minimum absolute atomic E-state index is 0.153. The summed E-state index contributed by atoms with van der Waals surface area (Å²) in [7, 11) is 1.39. The Morgan fingerprint density at radius 3 is 2.53 bits per heavy atom. The molecule has 0 heterocycles. The second-order valence-corrected chi connectivity index (χ2v) is 4.58. The predicted molar refractivity (Wildman–Crippen MR) is 69.2 cm³/mol. The maximum atomic E-state index is 12.6. The molecule has 108 valence electrons. The lowest BCUT2D eigenvalue weighted by molar-refractivity contribution is -0.137. The van der Waals surface area contributed by atoms with Gasteiger partial charge in [0.25, 0.3) is 0 Å². The lowest BCUT2D eigenvalue weighted by atomic mass is 10.0. The van der Waals surface area contributed by atoms with E-state index in [4.69, 9.17) is 10.5 Å². The quantitative estimate of drug-likeness (QED) is 0.857. The van der Waals surface area contributed by atoms with Gasteiger partial charge < -0.3 is 10.5 Å². The first-order valence-corrected chi connectivity index (χ1v) is 6.38. The lowest BCUT2D eigenvalue weighted by Crippen LogP contribution is -2.18. The van der Waals surface area contributed by atoms with Crippen LogP contribution >= 0.6 is 0 Å². The van der Waals surface area contributed by atoms with Crippen LogP contribution in [-0.4, -0.2) is 13.2 Å². The first-order chi connectivity index (χ1) is 8.88. The van der Waals surface area contributed by atoms with E-state index in [0.29, 0.717) is 12.2 Å². The molecular weight excluding hydrogens is 255 g/mol. The van der Waals surface area contributed by atoms with E-state index in [2.05, 4.69) is 0 Å². The van der Waals surface area contributed by atoms with Crippen molar-refractivity contribution in [2.24, 2.45) is 5.73 Å². The van der Waals surface area contributed by atoms with Gasteiger partial charge in [-0.1, -0.05) is 13.0 Å². The zero-order valence-corrected chi connectivity index (χ0v) is 11.3. The van der Waals surface area contributed by atoms with Gasteiger partial charge in [-0.15, -0.1) is 0 Å². The number of rotatable bonds is 6. The molecule has 0 aliphatic rings. The normalized spacial score (nSPS) is 13.4. The van der Waals surface area contributed by atoms with E-state index in [1.165, 1.54) is 13.2 Å². The maximum absolute atomic E-state index is 12.6. The summed E-state index contributed by atoms with van der Waals surface area (Å²) >= 11 is 0. The Morgan fingerprint density at radius 2 is 2.00 bits per heavy atom. The zero-order valence-electron chi connectivity index (χ0n) is 11.3. The van der Waals surface area contributed by atoms with Crippen LogP contribution in [0.15, 0.2) is 18.2 Å². The van der Waals surface area contributed by atoms with Crippen LogP contribution in [0.25, 0.3) is 0 Å². The number of methoxy groups -OCH3 is 1. The number of ether oxygens (including phenoxy) is 1. The van der Waals surface area contributed by atoms with Crippen molar-refractivity contribution >= 4 is 0 Å². The fourth-order valence-electron chi connectivity index (χ4n) is 1.89. The number of halogens is 3. The molecule has 5 heteroatoms. The van der Waals surface area contributed by atoms with Crippen LogP contribution < -0.4 is 10.5 Å². The molecule has 0 aromatic heterocycles. The van der Waals surface area contributed by atoms with Crippen molar-refractivity contribution in [3.8, 4) is 5.75 Å². The van der Waals surface area contributed by atoms with E-state index in [-0.39, 0.29) is 6.04 Å². The Balaban J connectivity index is 2.74. The van der Waals surface area contributed by atoms with E-state index in [1.807, 2.05) is 6.92 Å². The fourth-order valence-corrected chi connectivity index (χ4v) is 1.89. The van der Waals surface area contributed by atoms with Crippen LogP contribution in [0.4, 0.5) is 13.2 Å². The highest BCUT2D eigenvalue weighted by Crippen LogP contribution is 2.33. The van der Waals surface area contributed by atoms with E-state index in [1.54, 1.807) is 0 Å². The Labute approximate surface area is 111 Å². The molecule has 2 nitrogen and oxygen atoms in total. The fraction of sp³-hybridized carbons (Fsp3) is 0.571. The van der Waals surface area contributed by atoms with Gasteiger partial charge >= 0.3 is 6.18 Å². The van der Waals surface area contributed by atoms with Crippen molar-refractivity contribution in [1.82, 2.24) is 0 Å². The molecule has 0 bridgehead atoms. The predicted octanol–water partition coefficient (Wildman–Crippen LogP) is 3.77. The topological polar surface area (TPSA) is 35.2 Å². The van der Waals surface area contributed by atoms with Gasteiger partial charge in [-0.2, -0.15) is 13.2 Å². The van der Waals surface area contributed by atoms with Gasteiger partial charge in [0.1, 0.15) is 5.75 Å². The van der Waals surface area contributed by atoms with Crippen LogP contribution in [0.5, 0.6) is 5.75 Å². The Morgan fingerprint density at radius 1 is 1.32 bits per heavy atom. The Hall–Kier alpha value is -1.23. The maximum Gasteiger partial charge on any atom is 0.416 e. The van der Waals surface area contributed by atoms with Crippen LogP contribution in [0, 0.1) is 0 Å². The van der Waals surface area contributed by atoms with Crippen LogP contribution in [-0.2, 0) is 12.6 Å². The molecule has 0 saturated heterocycles. The minimum atomic E-state index is -4.34. The minimum Gasteiger partial charge on any atom is -0.496 e. The lowest BCUT2D eigenvalue weighted by Gasteiger charge is -2.13. The number of hydrogen-bond acceptors (Lipinski definition) is 2. The van der Waals surface area contributed by atoms with E-state index < -0.39 is 11.7 Å². The van der Waals surface area contributed by atoms with E-state index >= 15 is 0 Å². The number of aryl methyl sites for hydroxylation is 1. The summed E-state index contributed by atoms with van der Waals surface area (Å²) < 4.78 is 42.7. The zero-order chi connectivity index (χ0) is 14.5. The molecule has 0 saturated carbocycles. The number of benzene rings is 1. The third kappa shape index (κ3) is 4.74. The largest absolute Gasteiger partial charge is 0.496 e. The summed E-state index contributed by atoms with van der Waals surface area (Å²) in [5.74, 6) is 0.292. The smallest absolute Gasteiger partial charge is 0.416 e. The molecule has 0 amide bonds. The first kappa shape index (κ1) is 15.8. The molecule has 0 aliphatic carbocycles. The second kappa shape index (κ2) is 6.80. The highest BCUT2D eigenvalue weighted by atomic mass is 19.4. The molecule has 19 heavy (non-hydrogen) atoms. The van der Waals surface area contributed by atoms with Gasteiger partial charge in [-0.25, -0.2) is 0 Å². The Bertz CT molecular complexity index is 404. The molecule has 0 radical (unpaired) electrons. The average molecular weight is 275 g/mol.